The molecule has 0 rings (SSSR count). The molecule has 1 atom stereocenters. The molecule has 0 aromatic carbocycles. The van der Waals surface area contributed by atoms with Crippen molar-refractivity contribution >= 4 is 18.3 Å². The number of aldehydes is 1. The average Bonchev–Trinajstić information content (AvgIpc) is 2.08. The van der Waals surface area contributed by atoms with Crippen LogP contribution >= 0.6 is 0 Å². The number of amides is 1. The molecule has 6 nitrogen and oxygen atoms in total. The van der Waals surface area contributed by atoms with Gasteiger partial charge in [-0.05, 0) is 27.2 Å². The van der Waals surface area contributed by atoms with E-state index in [0.29, 0.717) is 6.29 Å². The Balaban J connectivity index is 4.07. The number of aliphatic carboxylic acids is 1. The molecule has 0 unspecified atom stereocenters. The van der Waals surface area contributed by atoms with Crippen molar-refractivity contribution in [3.63, 3.8) is 0 Å². The first-order valence-electron chi connectivity index (χ1n) is 4.91. The molecule has 0 bridgehead atoms. The van der Waals surface area contributed by atoms with Crippen LogP contribution < -0.4 is 5.32 Å². The van der Waals surface area contributed by atoms with Crippen LogP contribution in [0.3, 0.4) is 0 Å². The number of nitrogens with one attached hydrogen (secondary N) is 1. The summed E-state index contributed by atoms with van der Waals surface area (Å²) >= 11 is 0. The monoisotopic (exact) mass is 231 g/mol. The maximum absolute atomic E-state index is 11.2. The van der Waals surface area contributed by atoms with Crippen LogP contribution in [-0.2, 0) is 14.3 Å². The number of rotatable bonds is 5. The molecule has 0 saturated carbocycles. The van der Waals surface area contributed by atoms with E-state index in [1.54, 1.807) is 20.8 Å². The Morgan fingerprint density at radius 1 is 1.44 bits per heavy atom. The summed E-state index contributed by atoms with van der Waals surface area (Å²) in [6, 6.07) is -0.828. The number of carboxylic acid groups (broad SMARTS) is 1. The highest BCUT2D eigenvalue weighted by atomic mass is 16.6. The number of hydrogen-bond acceptors (Lipinski definition) is 4. The normalized spacial score (nSPS) is 12.7. The van der Waals surface area contributed by atoms with E-state index in [1.165, 1.54) is 0 Å². The summed E-state index contributed by atoms with van der Waals surface area (Å²) in [4.78, 5) is 32.1. The number of hydrogen-bond donors (Lipinski definition) is 2. The number of alkyl carbamates (subject to hydrolysis) is 1. The highest BCUT2D eigenvalue weighted by Crippen LogP contribution is 2.07. The van der Waals surface area contributed by atoms with E-state index in [0.717, 1.165) is 0 Å². The van der Waals surface area contributed by atoms with Crippen LogP contribution in [0.25, 0.3) is 0 Å². The number of ether oxygens (including phenoxy) is 1. The minimum Gasteiger partial charge on any atom is -0.481 e. The van der Waals surface area contributed by atoms with Gasteiger partial charge in [-0.25, -0.2) is 4.79 Å². The minimum absolute atomic E-state index is 0.0536. The standard InChI is InChI=1S/C10H17NO5/c1-10(2,3)16-9(15)11-7(6-12)4-5-8(13)14/h6-7H,4-5H2,1-3H3,(H,11,15)(H,13,14)/t7-/m0/s1. The summed E-state index contributed by atoms with van der Waals surface area (Å²) in [5.41, 5.74) is -0.648. The second-order valence-corrected chi connectivity index (χ2v) is 4.32. The maximum Gasteiger partial charge on any atom is 0.408 e. The first-order valence-corrected chi connectivity index (χ1v) is 4.91. The van der Waals surface area contributed by atoms with E-state index < -0.39 is 23.7 Å². The van der Waals surface area contributed by atoms with Crippen molar-refractivity contribution in [3.8, 4) is 0 Å². The van der Waals surface area contributed by atoms with E-state index in [9.17, 15) is 14.4 Å². The van der Waals surface area contributed by atoms with Gasteiger partial charge in [0.25, 0.3) is 0 Å². The van der Waals surface area contributed by atoms with Crippen molar-refractivity contribution in [2.24, 2.45) is 0 Å². The van der Waals surface area contributed by atoms with Crippen molar-refractivity contribution in [2.75, 3.05) is 0 Å². The first-order chi connectivity index (χ1) is 7.24. The summed E-state index contributed by atoms with van der Waals surface area (Å²) in [5.74, 6) is -1.02. The van der Waals surface area contributed by atoms with Crippen molar-refractivity contribution in [1.82, 2.24) is 5.32 Å². The fraction of sp³-hybridized carbons (Fsp3) is 0.700. The van der Waals surface area contributed by atoms with Gasteiger partial charge in [0, 0.05) is 6.42 Å². The van der Waals surface area contributed by atoms with Gasteiger partial charge in [-0.2, -0.15) is 0 Å². The minimum atomic E-state index is -1.02. The third-order valence-corrected chi connectivity index (χ3v) is 1.54. The van der Waals surface area contributed by atoms with Gasteiger partial charge < -0.3 is 20.0 Å². The zero-order valence-electron chi connectivity index (χ0n) is 9.65. The molecule has 16 heavy (non-hydrogen) atoms. The van der Waals surface area contributed by atoms with Crippen LogP contribution in [0.2, 0.25) is 0 Å². The number of carbonyl (C=O) groups is 3. The van der Waals surface area contributed by atoms with E-state index in [4.69, 9.17) is 9.84 Å². The largest absolute Gasteiger partial charge is 0.481 e. The lowest BCUT2D eigenvalue weighted by Gasteiger charge is -2.21. The summed E-state index contributed by atoms with van der Waals surface area (Å²) in [5, 5.41) is 10.7. The quantitative estimate of drug-likeness (QED) is 0.687. The second kappa shape index (κ2) is 6.09. The first kappa shape index (κ1) is 14.4. The number of carboxylic acids is 1. The lowest BCUT2D eigenvalue weighted by Crippen LogP contribution is -2.40. The van der Waals surface area contributed by atoms with Crippen LogP contribution in [0, 0.1) is 0 Å². The molecule has 6 heteroatoms. The van der Waals surface area contributed by atoms with Gasteiger partial charge in [-0.1, -0.05) is 0 Å². The van der Waals surface area contributed by atoms with Gasteiger partial charge in [0.2, 0.25) is 0 Å². The molecule has 0 aliphatic heterocycles. The molecular formula is C10H17NO5. The molecule has 0 heterocycles. The highest BCUT2D eigenvalue weighted by molar-refractivity contribution is 5.74. The van der Waals surface area contributed by atoms with Crippen LogP contribution in [0.5, 0.6) is 0 Å². The summed E-state index contributed by atoms with van der Waals surface area (Å²) < 4.78 is 4.92. The third kappa shape index (κ3) is 7.78. The smallest absolute Gasteiger partial charge is 0.408 e. The maximum atomic E-state index is 11.2. The molecule has 0 radical (unpaired) electrons. The Morgan fingerprint density at radius 2 is 2.00 bits per heavy atom. The second-order valence-electron chi connectivity index (χ2n) is 4.32. The topological polar surface area (TPSA) is 92.7 Å². The Bertz CT molecular complexity index is 269. The lowest BCUT2D eigenvalue weighted by atomic mass is 10.2. The van der Waals surface area contributed by atoms with Crippen LogP contribution in [0.4, 0.5) is 4.79 Å². The van der Waals surface area contributed by atoms with Crippen molar-refractivity contribution < 1.29 is 24.2 Å². The fourth-order valence-corrected chi connectivity index (χ4v) is 0.912. The fourth-order valence-electron chi connectivity index (χ4n) is 0.912. The molecule has 0 aromatic heterocycles. The molecule has 2 N–H and O–H groups in total. The van der Waals surface area contributed by atoms with E-state index in [2.05, 4.69) is 5.32 Å². The SMILES string of the molecule is CC(C)(C)OC(=O)N[C@H](C=O)CCC(=O)O. The zero-order chi connectivity index (χ0) is 12.8. The highest BCUT2D eigenvalue weighted by Gasteiger charge is 2.19. The van der Waals surface area contributed by atoms with Crippen molar-refractivity contribution in [3.05, 3.63) is 0 Å². The Kier molecular flexibility index (Phi) is 5.49. The number of carbonyl (C=O) groups excluding carboxylic acids is 2. The van der Waals surface area contributed by atoms with Gasteiger partial charge in [0.15, 0.2) is 0 Å². The molecule has 0 aliphatic carbocycles. The van der Waals surface area contributed by atoms with Crippen LogP contribution in [-0.4, -0.2) is 35.1 Å². The van der Waals surface area contributed by atoms with Crippen LogP contribution in [0.1, 0.15) is 33.6 Å². The van der Waals surface area contributed by atoms with Gasteiger partial charge in [-0.3, -0.25) is 4.79 Å². The molecule has 0 fully saturated rings. The Labute approximate surface area is 94.0 Å². The van der Waals surface area contributed by atoms with E-state index in [-0.39, 0.29) is 12.8 Å². The molecule has 0 aliphatic rings. The molecule has 0 spiro atoms. The van der Waals surface area contributed by atoms with Gasteiger partial charge >= 0.3 is 12.1 Å². The molecule has 1 amide bonds. The molecule has 0 aromatic rings. The Morgan fingerprint density at radius 3 is 2.38 bits per heavy atom. The van der Waals surface area contributed by atoms with Crippen molar-refractivity contribution in [2.45, 2.75) is 45.3 Å². The molecule has 0 saturated heterocycles. The van der Waals surface area contributed by atoms with Gasteiger partial charge in [0.1, 0.15) is 11.9 Å². The molecular weight excluding hydrogens is 214 g/mol. The zero-order valence-corrected chi connectivity index (χ0v) is 9.65. The summed E-state index contributed by atoms with van der Waals surface area (Å²) in [6.07, 6.45) is -0.362. The predicted octanol–water partition coefficient (Wildman–Crippen LogP) is 0.943. The third-order valence-electron chi connectivity index (χ3n) is 1.54. The molecule has 92 valence electrons. The summed E-state index contributed by atoms with van der Waals surface area (Å²) in [6.45, 7) is 5.08. The lowest BCUT2D eigenvalue weighted by molar-refractivity contribution is -0.137. The van der Waals surface area contributed by atoms with Crippen LogP contribution in [0.15, 0.2) is 0 Å². The van der Waals surface area contributed by atoms with Gasteiger partial charge in [0.05, 0.1) is 6.04 Å². The van der Waals surface area contributed by atoms with Gasteiger partial charge in [-0.15, -0.1) is 0 Å². The van der Waals surface area contributed by atoms with Crippen molar-refractivity contribution in [1.29, 1.82) is 0 Å². The van der Waals surface area contributed by atoms with E-state index >= 15 is 0 Å². The Hall–Kier alpha value is -1.59. The summed E-state index contributed by atoms with van der Waals surface area (Å²) in [7, 11) is 0. The van der Waals surface area contributed by atoms with E-state index in [1.807, 2.05) is 0 Å². The predicted molar refractivity (Wildman–Crippen MR) is 56.1 cm³/mol. The average molecular weight is 231 g/mol.